The van der Waals surface area contributed by atoms with Crippen molar-refractivity contribution in [1.29, 1.82) is 0 Å². The van der Waals surface area contributed by atoms with Gasteiger partial charge in [-0.3, -0.25) is 4.90 Å². The molecule has 1 aromatic carbocycles. The summed E-state index contributed by atoms with van der Waals surface area (Å²) in [5, 5.41) is 0.871. The third-order valence-corrected chi connectivity index (χ3v) is 4.76. The van der Waals surface area contributed by atoms with Crippen molar-refractivity contribution in [2.75, 3.05) is 26.3 Å². The Morgan fingerprint density at radius 3 is 2.70 bits per heavy atom. The summed E-state index contributed by atoms with van der Waals surface area (Å²) in [6, 6.07) is 7.56. The van der Waals surface area contributed by atoms with Crippen molar-refractivity contribution in [3.8, 4) is 5.75 Å². The van der Waals surface area contributed by atoms with E-state index in [2.05, 4.69) is 18.7 Å². The summed E-state index contributed by atoms with van der Waals surface area (Å²) >= 11 is 0. The molecule has 2 aliphatic heterocycles. The fourth-order valence-electron chi connectivity index (χ4n) is 3.64. The quantitative estimate of drug-likeness (QED) is 0.757. The lowest BCUT2D eigenvalue weighted by atomic mass is 9.81. The van der Waals surface area contributed by atoms with Gasteiger partial charge in [0.15, 0.2) is 6.23 Å². The van der Waals surface area contributed by atoms with Crippen molar-refractivity contribution in [3.63, 3.8) is 0 Å². The van der Waals surface area contributed by atoms with Crippen molar-refractivity contribution in [2.45, 2.75) is 26.5 Å². The molecule has 1 unspecified atom stereocenters. The third kappa shape index (κ3) is 2.44. The first kappa shape index (κ1) is 14.7. The number of hydrogen-bond acceptors (Lipinski definition) is 5. The number of morpholine rings is 1. The third-order valence-electron chi connectivity index (χ3n) is 4.76. The molecule has 0 bridgehead atoms. The predicted octanol–water partition coefficient (Wildman–Crippen LogP) is 2.41. The molecular weight excluding hydrogens is 294 g/mol. The van der Waals surface area contributed by atoms with Crippen molar-refractivity contribution in [2.24, 2.45) is 5.41 Å². The first-order valence-corrected chi connectivity index (χ1v) is 8.09. The van der Waals surface area contributed by atoms with Crippen LogP contribution >= 0.6 is 0 Å². The summed E-state index contributed by atoms with van der Waals surface area (Å²) in [6.07, 6.45) is 0.585. The van der Waals surface area contributed by atoms with E-state index in [1.165, 1.54) is 0 Å². The summed E-state index contributed by atoms with van der Waals surface area (Å²) in [5.74, 6) is 0.688. The Kier molecular flexibility index (Phi) is 3.43. The number of hydrogen-bond donors (Lipinski definition) is 0. The van der Waals surface area contributed by atoms with Crippen LogP contribution in [0.5, 0.6) is 5.75 Å². The number of ether oxygens (including phenoxy) is 2. The van der Waals surface area contributed by atoms with Crippen molar-refractivity contribution in [1.82, 2.24) is 4.90 Å². The molecule has 1 fully saturated rings. The molecule has 23 heavy (non-hydrogen) atoms. The van der Waals surface area contributed by atoms with Gasteiger partial charge in [0.25, 0.3) is 0 Å². The predicted molar refractivity (Wildman–Crippen MR) is 86.8 cm³/mol. The fourth-order valence-corrected chi connectivity index (χ4v) is 3.64. The normalized spacial score (nSPS) is 24.2. The Bertz CT molecular complexity index is 789. The Morgan fingerprint density at radius 1 is 1.17 bits per heavy atom. The maximum atomic E-state index is 12.4. The highest BCUT2D eigenvalue weighted by atomic mass is 16.5. The monoisotopic (exact) mass is 315 g/mol. The minimum atomic E-state index is -0.285. The van der Waals surface area contributed by atoms with E-state index in [1.54, 1.807) is 0 Å². The van der Waals surface area contributed by atoms with Crippen LogP contribution in [-0.2, 0) is 11.2 Å². The zero-order valence-corrected chi connectivity index (χ0v) is 13.5. The maximum absolute atomic E-state index is 12.4. The summed E-state index contributed by atoms with van der Waals surface area (Å²) in [4.78, 5) is 14.7. The van der Waals surface area contributed by atoms with E-state index in [0.717, 1.165) is 31.7 Å². The van der Waals surface area contributed by atoms with Crippen molar-refractivity contribution in [3.05, 3.63) is 40.2 Å². The van der Waals surface area contributed by atoms with Gasteiger partial charge in [-0.15, -0.1) is 0 Å². The molecule has 0 saturated carbocycles. The van der Waals surface area contributed by atoms with Crippen LogP contribution in [0.2, 0.25) is 0 Å². The zero-order valence-electron chi connectivity index (χ0n) is 13.5. The molecule has 4 rings (SSSR count). The summed E-state index contributed by atoms with van der Waals surface area (Å²) in [6.45, 7) is 7.43. The molecule has 5 heteroatoms. The van der Waals surface area contributed by atoms with Crippen LogP contribution in [0.4, 0.5) is 0 Å². The second-order valence-electron chi connectivity index (χ2n) is 6.98. The topological polar surface area (TPSA) is 51.9 Å². The highest BCUT2D eigenvalue weighted by Gasteiger charge is 2.43. The second kappa shape index (κ2) is 5.35. The van der Waals surface area contributed by atoms with E-state index in [4.69, 9.17) is 13.9 Å². The summed E-state index contributed by atoms with van der Waals surface area (Å²) in [5.41, 5.74) is 0.781. The Morgan fingerprint density at radius 2 is 1.91 bits per heavy atom. The molecule has 1 aromatic heterocycles. The molecule has 0 N–H and O–H groups in total. The van der Waals surface area contributed by atoms with Crippen LogP contribution in [0.25, 0.3) is 11.0 Å². The van der Waals surface area contributed by atoms with Crippen LogP contribution < -0.4 is 10.4 Å². The molecule has 2 aliphatic rings. The number of nitrogens with zero attached hydrogens (tertiary/aromatic N) is 1. The molecule has 0 amide bonds. The number of rotatable bonds is 1. The van der Waals surface area contributed by atoms with E-state index < -0.39 is 0 Å². The lowest BCUT2D eigenvalue weighted by molar-refractivity contribution is -0.105. The van der Waals surface area contributed by atoms with Gasteiger partial charge in [-0.1, -0.05) is 26.0 Å². The smallest absolute Gasteiger partial charge is 0.343 e. The number of benzene rings is 1. The Balaban J connectivity index is 1.83. The molecule has 0 spiro atoms. The average molecular weight is 315 g/mol. The molecule has 3 heterocycles. The highest BCUT2D eigenvalue weighted by molar-refractivity contribution is 5.84. The first-order chi connectivity index (χ1) is 11.1. The SMILES string of the molecule is CC1(C)Cc2c(c3ccccc3oc2=O)OC1N1CCOCC1. The highest BCUT2D eigenvalue weighted by Crippen LogP contribution is 2.41. The van der Waals surface area contributed by atoms with E-state index in [9.17, 15) is 4.79 Å². The Hall–Kier alpha value is -1.85. The lowest BCUT2D eigenvalue weighted by Crippen LogP contribution is -2.56. The lowest BCUT2D eigenvalue weighted by Gasteiger charge is -2.46. The van der Waals surface area contributed by atoms with Crippen LogP contribution in [0.1, 0.15) is 19.4 Å². The summed E-state index contributed by atoms with van der Waals surface area (Å²) < 4.78 is 17.3. The minimum Gasteiger partial charge on any atom is -0.473 e. The minimum absolute atomic E-state index is 0.0656. The van der Waals surface area contributed by atoms with Gasteiger partial charge in [0.2, 0.25) is 0 Å². The van der Waals surface area contributed by atoms with E-state index in [0.29, 0.717) is 23.3 Å². The van der Waals surface area contributed by atoms with E-state index in [-0.39, 0.29) is 17.3 Å². The van der Waals surface area contributed by atoms with Crippen LogP contribution in [0.3, 0.4) is 0 Å². The number of fused-ring (bicyclic) bond motifs is 3. The van der Waals surface area contributed by atoms with Crippen LogP contribution in [-0.4, -0.2) is 37.4 Å². The van der Waals surface area contributed by atoms with Crippen LogP contribution in [0, 0.1) is 5.41 Å². The van der Waals surface area contributed by atoms with Gasteiger partial charge in [-0.2, -0.15) is 0 Å². The van der Waals surface area contributed by atoms with Gasteiger partial charge in [0.1, 0.15) is 11.3 Å². The zero-order chi connectivity index (χ0) is 16.0. The molecule has 122 valence electrons. The molecule has 2 aromatic rings. The van der Waals surface area contributed by atoms with Gasteiger partial charge in [-0.05, 0) is 18.6 Å². The van der Waals surface area contributed by atoms with E-state index >= 15 is 0 Å². The van der Waals surface area contributed by atoms with Gasteiger partial charge < -0.3 is 13.9 Å². The second-order valence-corrected chi connectivity index (χ2v) is 6.98. The molecular formula is C18H21NO4. The standard InChI is InChI=1S/C18H21NO4/c1-18(2)11-13-15(23-17(18)19-7-9-21-10-8-19)12-5-3-4-6-14(12)22-16(13)20/h3-6,17H,7-11H2,1-2H3. The van der Waals surface area contributed by atoms with Gasteiger partial charge >= 0.3 is 5.63 Å². The van der Waals surface area contributed by atoms with Crippen molar-refractivity contribution < 1.29 is 13.9 Å². The van der Waals surface area contributed by atoms with Gasteiger partial charge in [0, 0.05) is 18.5 Å². The van der Waals surface area contributed by atoms with Crippen LogP contribution in [0.15, 0.2) is 33.5 Å². The number of para-hydroxylation sites is 1. The van der Waals surface area contributed by atoms with E-state index in [1.807, 2.05) is 24.3 Å². The molecule has 1 atom stereocenters. The molecule has 5 nitrogen and oxygen atoms in total. The van der Waals surface area contributed by atoms with Gasteiger partial charge in [0.05, 0.1) is 24.2 Å². The van der Waals surface area contributed by atoms with Gasteiger partial charge in [-0.25, -0.2) is 4.79 Å². The summed E-state index contributed by atoms with van der Waals surface area (Å²) in [7, 11) is 0. The molecule has 1 saturated heterocycles. The average Bonchev–Trinajstić information content (AvgIpc) is 2.55. The largest absolute Gasteiger partial charge is 0.473 e. The van der Waals surface area contributed by atoms with Crippen molar-refractivity contribution >= 4 is 11.0 Å². The Labute approximate surface area is 134 Å². The first-order valence-electron chi connectivity index (χ1n) is 8.09. The fraction of sp³-hybridized carbons (Fsp3) is 0.500. The molecule has 0 radical (unpaired) electrons. The molecule has 0 aliphatic carbocycles. The maximum Gasteiger partial charge on any atom is 0.343 e.